The van der Waals surface area contributed by atoms with Crippen LogP contribution >= 0.6 is 11.6 Å². The van der Waals surface area contributed by atoms with Gasteiger partial charge < -0.3 is 15.0 Å². The zero-order valence-electron chi connectivity index (χ0n) is 18.0. The number of hydrogen-bond donors (Lipinski definition) is 1. The molecule has 1 aliphatic heterocycles. The lowest BCUT2D eigenvalue weighted by molar-refractivity contribution is -0.139. The van der Waals surface area contributed by atoms with E-state index in [1.165, 1.54) is 22.3 Å². The molecule has 12 heteroatoms. The number of esters is 1. The normalized spacial score (nSPS) is 14.9. The molecule has 0 atom stereocenters. The quantitative estimate of drug-likeness (QED) is 0.564. The largest absolute Gasteiger partial charge is 0.468 e. The van der Waals surface area contributed by atoms with E-state index < -0.39 is 21.9 Å². The molecular weight excluding hydrogens is 458 g/mol. The summed E-state index contributed by atoms with van der Waals surface area (Å²) in [6, 6.07) is 7.39. The molecule has 0 radical (unpaired) electrons. The van der Waals surface area contributed by atoms with E-state index in [4.69, 9.17) is 11.6 Å². The number of nitrogens with one attached hydrogen (secondary N) is 1. The van der Waals surface area contributed by atoms with Gasteiger partial charge >= 0.3 is 5.97 Å². The molecule has 1 saturated heterocycles. The third-order valence-electron chi connectivity index (χ3n) is 5.04. The lowest BCUT2D eigenvalue weighted by Gasteiger charge is -2.35. The van der Waals surface area contributed by atoms with Crippen LogP contribution in [0.3, 0.4) is 0 Å². The molecule has 174 valence electrons. The Balaban J connectivity index is 1.79. The molecule has 10 nitrogen and oxygen atoms in total. The predicted octanol–water partition coefficient (Wildman–Crippen LogP) is 1.36. The first-order chi connectivity index (χ1) is 15.3. The van der Waals surface area contributed by atoms with Crippen molar-refractivity contribution < 1.29 is 22.7 Å². The molecule has 2 heterocycles. The number of benzene rings is 1. The molecule has 32 heavy (non-hydrogen) atoms. The number of rotatable bonds is 8. The molecule has 1 aromatic heterocycles. The first-order valence-corrected chi connectivity index (χ1v) is 12.0. The lowest BCUT2D eigenvalue weighted by atomic mass is 10.2. The number of piperazine rings is 1. The summed E-state index contributed by atoms with van der Waals surface area (Å²) in [5.41, 5.74) is 0.823. The van der Waals surface area contributed by atoms with E-state index >= 15 is 0 Å². The minimum Gasteiger partial charge on any atom is -0.468 e. The van der Waals surface area contributed by atoms with Gasteiger partial charge in [-0.15, -0.1) is 0 Å². The van der Waals surface area contributed by atoms with Crippen LogP contribution in [0.15, 0.2) is 35.5 Å². The van der Waals surface area contributed by atoms with Crippen molar-refractivity contribution in [2.45, 2.75) is 24.9 Å². The van der Waals surface area contributed by atoms with Crippen molar-refractivity contribution in [3.8, 4) is 0 Å². The van der Waals surface area contributed by atoms with Gasteiger partial charge in [-0.05, 0) is 24.6 Å². The van der Waals surface area contributed by atoms with Gasteiger partial charge in [0.2, 0.25) is 5.03 Å². The maximum Gasteiger partial charge on any atom is 0.325 e. The van der Waals surface area contributed by atoms with Gasteiger partial charge in [-0.3, -0.25) is 14.3 Å². The Labute approximate surface area is 192 Å². The number of ether oxygens (including phenoxy) is 1. The predicted molar refractivity (Wildman–Crippen MR) is 119 cm³/mol. The van der Waals surface area contributed by atoms with Gasteiger partial charge in [-0.2, -0.15) is 9.40 Å². The fourth-order valence-corrected chi connectivity index (χ4v) is 5.10. The topological polar surface area (TPSA) is 114 Å². The molecule has 0 saturated carbocycles. The van der Waals surface area contributed by atoms with Gasteiger partial charge in [0.1, 0.15) is 6.54 Å². The summed E-state index contributed by atoms with van der Waals surface area (Å²) < 4.78 is 34.0. The highest BCUT2D eigenvalue weighted by atomic mass is 35.5. The number of hydrogen-bond acceptors (Lipinski definition) is 7. The van der Waals surface area contributed by atoms with Crippen LogP contribution in [0.4, 0.5) is 5.69 Å². The summed E-state index contributed by atoms with van der Waals surface area (Å²) in [4.78, 5) is 26.0. The van der Waals surface area contributed by atoms with Crippen molar-refractivity contribution in [2.24, 2.45) is 0 Å². The fourth-order valence-electron chi connectivity index (χ4n) is 3.40. The van der Waals surface area contributed by atoms with Crippen molar-refractivity contribution in [3.05, 3.63) is 41.0 Å². The van der Waals surface area contributed by atoms with Crippen molar-refractivity contribution in [2.75, 3.05) is 44.7 Å². The number of anilines is 1. The van der Waals surface area contributed by atoms with Gasteiger partial charge in [0.05, 0.1) is 12.7 Å². The third-order valence-corrected chi connectivity index (χ3v) is 7.11. The van der Waals surface area contributed by atoms with E-state index in [9.17, 15) is 18.0 Å². The van der Waals surface area contributed by atoms with Gasteiger partial charge in [0.15, 0.2) is 0 Å². The third kappa shape index (κ3) is 5.40. The second-order valence-electron chi connectivity index (χ2n) is 7.24. The standard InChI is InChI=1S/C20H26ClN5O5S/c1-3-7-25-14-17(19(28)22-13-18(27)31-2)20(23-25)32(29,30)26-10-8-24(9-11-26)16-6-4-5-15(21)12-16/h4-6,12,14H,3,7-11,13H2,1-2H3,(H,22,28). The SMILES string of the molecule is CCCn1cc(C(=O)NCC(=O)OC)c(S(=O)(=O)N2CCN(c3cccc(Cl)c3)CC2)n1. The number of methoxy groups -OCH3 is 1. The lowest BCUT2D eigenvalue weighted by Crippen LogP contribution is -2.49. The summed E-state index contributed by atoms with van der Waals surface area (Å²) in [6.07, 6.45) is 2.11. The maximum atomic E-state index is 13.4. The van der Waals surface area contributed by atoms with E-state index in [0.717, 1.165) is 5.69 Å². The van der Waals surface area contributed by atoms with Crippen molar-refractivity contribution >= 4 is 39.2 Å². The van der Waals surface area contributed by atoms with E-state index in [1.807, 2.05) is 25.1 Å². The number of carbonyl (C=O) groups is 2. The number of sulfonamides is 1. The van der Waals surface area contributed by atoms with E-state index in [1.54, 1.807) is 6.07 Å². The van der Waals surface area contributed by atoms with E-state index in [0.29, 0.717) is 31.1 Å². The van der Waals surface area contributed by atoms with Crippen LogP contribution in [0.25, 0.3) is 0 Å². The molecule has 1 amide bonds. The highest BCUT2D eigenvalue weighted by Crippen LogP contribution is 2.24. The highest BCUT2D eigenvalue weighted by molar-refractivity contribution is 7.89. The fraction of sp³-hybridized carbons (Fsp3) is 0.450. The first kappa shape index (κ1) is 24.0. The Morgan fingerprint density at radius 2 is 1.94 bits per heavy atom. The molecule has 1 fully saturated rings. The van der Waals surface area contributed by atoms with Crippen LogP contribution in [-0.2, 0) is 26.1 Å². The number of aromatic nitrogens is 2. The van der Waals surface area contributed by atoms with Crippen LogP contribution in [0.1, 0.15) is 23.7 Å². The van der Waals surface area contributed by atoms with Crippen LogP contribution in [-0.4, -0.2) is 74.2 Å². The van der Waals surface area contributed by atoms with E-state index in [-0.39, 0.29) is 30.2 Å². The van der Waals surface area contributed by atoms with Gasteiger partial charge in [0.25, 0.3) is 15.9 Å². The zero-order valence-corrected chi connectivity index (χ0v) is 19.5. The Hall–Kier alpha value is -2.63. The smallest absolute Gasteiger partial charge is 0.325 e. The first-order valence-electron chi connectivity index (χ1n) is 10.2. The summed E-state index contributed by atoms with van der Waals surface area (Å²) in [5, 5.41) is 6.86. The van der Waals surface area contributed by atoms with Crippen molar-refractivity contribution in [3.63, 3.8) is 0 Å². The van der Waals surface area contributed by atoms with Crippen LogP contribution in [0.2, 0.25) is 5.02 Å². The Kier molecular flexibility index (Phi) is 7.75. The Morgan fingerprint density at radius 3 is 2.56 bits per heavy atom. The Morgan fingerprint density at radius 1 is 1.22 bits per heavy atom. The number of amides is 1. The molecule has 0 spiro atoms. The zero-order chi connectivity index (χ0) is 23.3. The summed E-state index contributed by atoms with van der Waals surface area (Å²) in [6.45, 7) is 3.42. The molecule has 3 rings (SSSR count). The Bertz CT molecular complexity index is 1080. The minimum atomic E-state index is -4.02. The average molecular weight is 484 g/mol. The van der Waals surface area contributed by atoms with Crippen LogP contribution in [0.5, 0.6) is 0 Å². The van der Waals surface area contributed by atoms with Crippen molar-refractivity contribution in [1.29, 1.82) is 0 Å². The molecule has 1 aromatic carbocycles. The summed E-state index contributed by atoms with van der Waals surface area (Å²) >= 11 is 6.06. The number of halogens is 1. The van der Waals surface area contributed by atoms with Crippen molar-refractivity contribution in [1.82, 2.24) is 19.4 Å². The number of carbonyl (C=O) groups excluding carboxylic acids is 2. The molecule has 1 aliphatic rings. The van der Waals surface area contributed by atoms with Gasteiger partial charge in [0, 0.05) is 49.6 Å². The molecular formula is C20H26ClN5O5S. The van der Waals surface area contributed by atoms with Gasteiger partial charge in [-0.25, -0.2) is 8.42 Å². The summed E-state index contributed by atoms with van der Waals surface area (Å²) in [5.74, 6) is -1.34. The van der Waals surface area contributed by atoms with E-state index in [2.05, 4.69) is 20.1 Å². The second-order valence-corrected chi connectivity index (χ2v) is 9.53. The average Bonchev–Trinajstić information content (AvgIpc) is 3.22. The molecule has 0 unspecified atom stereocenters. The van der Waals surface area contributed by atoms with Crippen LogP contribution < -0.4 is 10.2 Å². The maximum absolute atomic E-state index is 13.4. The molecule has 0 bridgehead atoms. The highest BCUT2D eigenvalue weighted by Gasteiger charge is 2.35. The molecule has 2 aromatic rings. The molecule has 0 aliphatic carbocycles. The minimum absolute atomic E-state index is 0.0976. The van der Waals surface area contributed by atoms with Crippen LogP contribution in [0, 0.1) is 0 Å². The number of nitrogens with zero attached hydrogens (tertiary/aromatic N) is 4. The van der Waals surface area contributed by atoms with Gasteiger partial charge in [-0.1, -0.05) is 24.6 Å². The molecule has 1 N–H and O–H groups in total. The second kappa shape index (κ2) is 10.3. The summed E-state index contributed by atoms with van der Waals surface area (Å²) in [7, 11) is -2.82. The number of aryl methyl sites for hydroxylation is 1. The monoisotopic (exact) mass is 483 g/mol.